The number of pyridine rings is 2. The van der Waals surface area contributed by atoms with Gasteiger partial charge >= 0.3 is 0 Å². The fourth-order valence-corrected chi connectivity index (χ4v) is 6.31. The van der Waals surface area contributed by atoms with E-state index in [1.54, 1.807) is 12.4 Å². The molecular formula is C34H33N2O4S+. The van der Waals surface area contributed by atoms with Crippen LogP contribution in [0.3, 0.4) is 0 Å². The SMILES string of the molecule is CCOC(C)Oc1ccc([S+](c2cccc(OCc3ccccn3)c2)c2cccc(OCc3ccccn3)c2)cc1. The zero-order valence-corrected chi connectivity index (χ0v) is 24.0. The monoisotopic (exact) mass is 565 g/mol. The van der Waals surface area contributed by atoms with Gasteiger partial charge in [-0.05, 0) is 86.6 Å². The Labute approximate surface area is 244 Å². The number of nitrogens with zero attached hydrogens (tertiary/aromatic N) is 2. The van der Waals surface area contributed by atoms with E-state index in [1.165, 1.54) is 0 Å². The summed E-state index contributed by atoms with van der Waals surface area (Å²) < 4.78 is 23.7. The molecule has 3 aromatic carbocycles. The Morgan fingerprint density at radius 3 is 1.66 bits per heavy atom. The molecule has 0 N–H and O–H groups in total. The first kappa shape index (κ1) is 28.2. The Bertz CT molecular complexity index is 1410. The van der Waals surface area contributed by atoms with E-state index in [9.17, 15) is 0 Å². The van der Waals surface area contributed by atoms with Crippen LogP contribution in [-0.2, 0) is 28.8 Å². The number of rotatable bonds is 13. The highest BCUT2D eigenvalue weighted by Gasteiger charge is 2.30. The van der Waals surface area contributed by atoms with Gasteiger partial charge in [0, 0.05) is 31.1 Å². The van der Waals surface area contributed by atoms with Gasteiger partial charge in [-0.25, -0.2) is 0 Å². The van der Waals surface area contributed by atoms with Crippen molar-refractivity contribution in [3.05, 3.63) is 133 Å². The van der Waals surface area contributed by atoms with Crippen LogP contribution < -0.4 is 14.2 Å². The molecule has 0 bridgehead atoms. The molecule has 0 amide bonds. The second-order valence-corrected chi connectivity index (χ2v) is 11.1. The van der Waals surface area contributed by atoms with Gasteiger partial charge in [0.15, 0.2) is 21.0 Å². The molecule has 1 unspecified atom stereocenters. The lowest BCUT2D eigenvalue weighted by Crippen LogP contribution is -2.16. The van der Waals surface area contributed by atoms with Gasteiger partial charge in [-0.1, -0.05) is 24.3 Å². The van der Waals surface area contributed by atoms with E-state index in [4.69, 9.17) is 18.9 Å². The maximum Gasteiger partial charge on any atom is 0.196 e. The van der Waals surface area contributed by atoms with Crippen LogP contribution in [0.25, 0.3) is 0 Å². The van der Waals surface area contributed by atoms with Crippen LogP contribution in [0.5, 0.6) is 17.2 Å². The van der Waals surface area contributed by atoms with Gasteiger partial charge in [0.25, 0.3) is 0 Å². The summed E-state index contributed by atoms with van der Waals surface area (Å²) in [4.78, 5) is 12.1. The number of hydrogen-bond acceptors (Lipinski definition) is 6. The van der Waals surface area contributed by atoms with Crippen LogP contribution in [-0.4, -0.2) is 22.9 Å². The number of aromatic nitrogens is 2. The van der Waals surface area contributed by atoms with Gasteiger partial charge in [-0.3, -0.25) is 9.97 Å². The first-order valence-electron chi connectivity index (χ1n) is 13.6. The minimum Gasteiger partial charge on any atom is -0.487 e. The molecule has 0 aliphatic rings. The molecule has 0 aliphatic heterocycles. The predicted octanol–water partition coefficient (Wildman–Crippen LogP) is 7.49. The Morgan fingerprint density at radius 1 is 0.610 bits per heavy atom. The van der Waals surface area contributed by atoms with Crippen LogP contribution in [0.4, 0.5) is 0 Å². The Morgan fingerprint density at radius 2 is 1.17 bits per heavy atom. The van der Waals surface area contributed by atoms with Gasteiger partial charge in [0.2, 0.25) is 0 Å². The first-order valence-corrected chi connectivity index (χ1v) is 14.8. The normalized spacial score (nSPS) is 11.7. The molecule has 5 aromatic rings. The molecule has 1 atom stereocenters. The lowest BCUT2D eigenvalue weighted by molar-refractivity contribution is -0.0613. The smallest absolute Gasteiger partial charge is 0.196 e. The number of ether oxygens (including phenoxy) is 4. The molecule has 7 heteroatoms. The maximum atomic E-state index is 6.13. The highest BCUT2D eigenvalue weighted by atomic mass is 32.2. The van der Waals surface area contributed by atoms with Crippen molar-refractivity contribution >= 4 is 10.9 Å². The molecule has 0 saturated heterocycles. The van der Waals surface area contributed by atoms with Gasteiger partial charge in [0.05, 0.1) is 22.3 Å². The molecule has 5 rings (SSSR count). The van der Waals surface area contributed by atoms with E-state index < -0.39 is 10.9 Å². The lowest BCUT2D eigenvalue weighted by atomic mass is 10.3. The molecule has 0 fully saturated rings. The summed E-state index contributed by atoms with van der Waals surface area (Å²) >= 11 is 0. The summed E-state index contributed by atoms with van der Waals surface area (Å²) in [5, 5.41) is 0. The summed E-state index contributed by atoms with van der Waals surface area (Å²) in [7, 11) is -0.434. The first-order chi connectivity index (χ1) is 20.2. The van der Waals surface area contributed by atoms with Crippen molar-refractivity contribution in [2.75, 3.05) is 6.61 Å². The molecular weight excluding hydrogens is 532 g/mol. The maximum absolute atomic E-state index is 6.13. The predicted molar refractivity (Wildman–Crippen MR) is 160 cm³/mol. The van der Waals surface area contributed by atoms with Crippen LogP contribution in [0, 0.1) is 0 Å². The number of hydrogen-bond donors (Lipinski definition) is 0. The third-order valence-electron chi connectivity index (χ3n) is 6.07. The Balaban J connectivity index is 1.43. The molecule has 41 heavy (non-hydrogen) atoms. The van der Waals surface area contributed by atoms with E-state index in [-0.39, 0.29) is 6.29 Å². The van der Waals surface area contributed by atoms with E-state index >= 15 is 0 Å². The summed E-state index contributed by atoms with van der Waals surface area (Å²) in [6, 6.07) is 36.4. The van der Waals surface area contributed by atoms with E-state index in [0.29, 0.717) is 19.8 Å². The third kappa shape index (κ3) is 8.10. The largest absolute Gasteiger partial charge is 0.487 e. The summed E-state index contributed by atoms with van der Waals surface area (Å²) in [6.45, 7) is 5.25. The van der Waals surface area contributed by atoms with Crippen LogP contribution in [0.15, 0.2) is 136 Å². The van der Waals surface area contributed by atoms with E-state index in [1.807, 2.05) is 86.6 Å². The van der Waals surface area contributed by atoms with Crippen molar-refractivity contribution < 1.29 is 18.9 Å². The van der Waals surface area contributed by atoms with Gasteiger partial charge < -0.3 is 18.9 Å². The molecule has 0 radical (unpaired) electrons. The lowest BCUT2D eigenvalue weighted by Gasteiger charge is -2.15. The molecule has 0 saturated carbocycles. The molecule has 0 spiro atoms. The summed E-state index contributed by atoms with van der Waals surface area (Å²) in [5.74, 6) is 2.34. The van der Waals surface area contributed by atoms with Crippen molar-refractivity contribution in [2.45, 2.75) is 48.0 Å². The third-order valence-corrected chi connectivity index (χ3v) is 8.27. The average Bonchev–Trinajstić information content (AvgIpc) is 3.02. The van der Waals surface area contributed by atoms with Crippen LogP contribution >= 0.6 is 0 Å². The molecule has 208 valence electrons. The van der Waals surface area contributed by atoms with Crippen LogP contribution in [0.2, 0.25) is 0 Å². The van der Waals surface area contributed by atoms with Crippen molar-refractivity contribution in [2.24, 2.45) is 0 Å². The molecule has 2 aromatic heterocycles. The van der Waals surface area contributed by atoms with E-state index in [0.717, 1.165) is 43.3 Å². The van der Waals surface area contributed by atoms with Crippen molar-refractivity contribution in [1.82, 2.24) is 9.97 Å². The van der Waals surface area contributed by atoms with Crippen molar-refractivity contribution in [3.63, 3.8) is 0 Å². The topological polar surface area (TPSA) is 62.7 Å². The minimum absolute atomic E-state index is 0.315. The minimum atomic E-state index is -0.434. The van der Waals surface area contributed by atoms with Gasteiger partial charge in [-0.2, -0.15) is 0 Å². The fourth-order valence-electron chi connectivity index (χ4n) is 4.19. The Kier molecular flexibility index (Phi) is 9.87. The zero-order chi connectivity index (χ0) is 28.3. The molecule has 0 aliphatic carbocycles. The fraction of sp³-hybridized carbons (Fsp3) is 0.176. The molecule has 2 heterocycles. The van der Waals surface area contributed by atoms with Crippen molar-refractivity contribution in [3.8, 4) is 17.2 Å². The number of benzene rings is 3. The quantitative estimate of drug-likeness (QED) is 0.109. The van der Waals surface area contributed by atoms with Gasteiger partial charge in [0.1, 0.15) is 30.5 Å². The highest BCUT2D eigenvalue weighted by Crippen LogP contribution is 2.35. The molecule has 6 nitrogen and oxygen atoms in total. The highest BCUT2D eigenvalue weighted by molar-refractivity contribution is 7.97. The second-order valence-electron chi connectivity index (χ2n) is 9.09. The van der Waals surface area contributed by atoms with Crippen LogP contribution in [0.1, 0.15) is 25.2 Å². The second kappa shape index (κ2) is 14.3. The van der Waals surface area contributed by atoms with E-state index in [2.05, 4.69) is 46.4 Å². The summed E-state index contributed by atoms with van der Waals surface area (Å²) in [6.07, 6.45) is 3.24. The van der Waals surface area contributed by atoms with Crippen molar-refractivity contribution in [1.29, 1.82) is 0 Å². The Hall–Kier alpha value is -4.33. The zero-order valence-electron chi connectivity index (χ0n) is 23.2. The van der Waals surface area contributed by atoms with Gasteiger partial charge in [-0.15, -0.1) is 0 Å². The summed E-state index contributed by atoms with van der Waals surface area (Å²) in [5.41, 5.74) is 1.76. The average molecular weight is 566 g/mol. The standard InChI is InChI=1S/C34H33N2O4S/c1-3-37-26(2)40-29-16-18-32(19-17-29)41(33-14-8-12-30(22-33)38-24-27-10-4-6-20-35-27)34-15-9-13-31(23-34)39-25-28-11-5-7-21-36-28/h4-23,26H,3,24-25H2,1-2H3/q+1.